The molecule has 0 heterocycles. The summed E-state index contributed by atoms with van der Waals surface area (Å²) in [4.78, 5) is 10.4. The lowest BCUT2D eigenvalue weighted by Crippen LogP contribution is -2.00. The predicted octanol–water partition coefficient (Wildman–Crippen LogP) is 2.14. The zero-order chi connectivity index (χ0) is 11.3. The number of aliphatic carboxylic acids is 1. The fourth-order valence-electron chi connectivity index (χ4n) is 1.51. The van der Waals surface area contributed by atoms with Crippen molar-refractivity contribution >= 4 is 5.97 Å². The van der Waals surface area contributed by atoms with Crippen LogP contribution in [-0.2, 0) is 17.6 Å². The summed E-state index contributed by atoms with van der Waals surface area (Å²) in [7, 11) is 0. The molecule has 0 atom stereocenters. The molecule has 3 nitrogen and oxygen atoms in total. The average Bonchev–Trinajstić information content (AvgIpc) is 2.25. The summed E-state index contributed by atoms with van der Waals surface area (Å²) in [6.45, 7) is 2.00. The summed E-state index contributed by atoms with van der Waals surface area (Å²) < 4.78 is 0. The van der Waals surface area contributed by atoms with Crippen molar-refractivity contribution in [1.29, 1.82) is 5.26 Å². The van der Waals surface area contributed by atoms with Crippen LogP contribution in [0, 0.1) is 11.3 Å². The van der Waals surface area contributed by atoms with E-state index in [0.29, 0.717) is 12.0 Å². The Balaban J connectivity index is 2.88. The van der Waals surface area contributed by atoms with E-state index in [-0.39, 0.29) is 6.42 Å². The molecule has 0 spiro atoms. The zero-order valence-corrected chi connectivity index (χ0v) is 8.66. The molecule has 1 N–H and O–H groups in total. The number of carboxylic acid groups (broad SMARTS) is 1. The Morgan fingerprint density at radius 2 is 2.20 bits per heavy atom. The van der Waals surface area contributed by atoms with Crippen molar-refractivity contribution in [2.45, 2.75) is 26.2 Å². The van der Waals surface area contributed by atoms with Gasteiger partial charge in [0.15, 0.2) is 0 Å². The van der Waals surface area contributed by atoms with Gasteiger partial charge in [-0.2, -0.15) is 5.26 Å². The number of rotatable bonds is 4. The van der Waals surface area contributed by atoms with E-state index in [1.165, 1.54) is 0 Å². The summed E-state index contributed by atoms with van der Waals surface area (Å²) in [5.41, 5.74) is 2.72. The first-order valence-corrected chi connectivity index (χ1v) is 4.91. The SMILES string of the molecule is CCc1cc(C#N)ccc1CCC(=O)O. The quantitative estimate of drug-likeness (QED) is 0.815. The van der Waals surface area contributed by atoms with Crippen molar-refractivity contribution < 1.29 is 9.90 Å². The number of hydrogen-bond donors (Lipinski definition) is 1. The van der Waals surface area contributed by atoms with Crippen molar-refractivity contribution in [2.24, 2.45) is 0 Å². The fourth-order valence-corrected chi connectivity index (χ4v) is 1.51. The molecular formula is C12H13NO2. The molecule has 0 radical (unpaired) electrons. The summed E-state index contributed by atoms with van der Waals surface area (Å²) in [6, 6.07) is 7.49. The zero-order valence-electron chi connectivity index (χ0n) is 8.66. The molecule has 0 fully saturated rings. The minimum Gasteiger partial charge on any atom is -0.481 e. The molecule has 0 aromatic heterocycles. The molecule has 0 saturated heterocycles. The first-order valence-electron chi connectivity index (χ1n) is 4.91. The van der Waals surface area contributed by atoms with Crippen molar-refractivity contribution in [3.63, 3.8) is 0 Å². The highest BCUT2D eigenvalue weighted by Crippen LogP contribution is 2.14. The standard InChI is InChI=1S/C12H13NO2/c1-2-10-7-9(8-13)3-4-11(10)5-6-12(14)15/h3-4,7H,2,5-6H2,1H3,(H,14,15). The van der Waals surface area contributed by atoms with E-state index in [0.717, 1.165) is 17.5 Å². The molecule has 0 unspecified atom stereocenters. The average molecular weight is 203 g/mol. The van der Waals surface area contributed by atoms with E-state index < -0.39 is 5.97 Å². The molecule has 1 aromatic carbocycles. The largest absolute Gasteiger partial charge is 0.481 e. The Morgan fingerprint density at radius 1 is 1.47 bits per heavy atom. The van der Waals surface area contributed by atoms with Crippen LogP contribution in [0.4, 0.5) is 0 Å². The van der Waals surface area contributed by atoms with E-state index in [4.69, 9.17) is 10.4 Å². The van der Waals surface area contributed by atoms with Gasteiger partial charge in [-0.3, -0.25) is 4.79 Å². The van der Waals surface area contributed by atoms with Gasteiger partial charge in [-0.1, -0.05) is 13.0 Å². The second-order valence-electron chi connectivity index (χ2n) is 3.34. The van der Waals surface area contributed by atoms with Gasteiger partial charge in [0.1, 0.15) is 0 Å². The normalized spacial score (nSPS) is 9.60. The Morgan fingerprint density at radius 3 is 2.73 bits per heavy atom. The van der Waals surface area contributed by atoms with Crippen LogP contribution in [0.25, 0.3) is 0 Å². The molecule has 0 aliphatic carbocycles. The molecule has 0 aliphatic heterocycles. The van der Waals surface area contributed by atoms with Gasteiger partial charge in [-0.15, -0.1) is 0 Å². The lowest BCUT2D eigenvalue weighted by molar-refractivity contribution is -0.136. The predicted molar refractivity (Wildman–Crippen MR) is 56.5 cm³/mol. The van der Waals surface area contributed by atoms with Gasteiger partial charge >= 0.3 is 5.97 Å². The maximum Gasteiger partial charge on any atom is 0.303 e. The first-order chi connectivity index (χ1) is 7.17. The molecule has 0 amide bonds. The van der Waals surface area contributed by atoms with E-state index in [1.807, 2.05) is 19.1 Å². The maximum atomic E-state index is 10.4. The lowest BCUT2D eigenvalue weighted by atomic mass is 9.99. The fraction of sp³-hybridized carbons (Fsp3) is 0.333. The Hall–Kier alpha value is -1.82. The second kappa shape index (κ2) is 5.16. The number of carboxylic acids is 1. The van der Waals surface area contributed by atoms with Gasteiger partial charge in [0.2, 0.25) is 0 Å². The molecule has 15 heavy (non-hydrogen) atoms. The minimum absolute atomic E-state index is 0.138. The summed E-state index contributed by atoms with van der Waals surface area (Å²) in [5.74, 6) is -0.790. The van der Waals surface area contributed by atoms with Crippen LogP contribution in [0.5, 0.6) is 0 Å². The molecule has 0 bridgehead atoms. The van der Waals surface area contributed by atoms with Crippen LogP contribution in [0.3, 0.4) is 0 Å². The van der Waals surface area contributed by atoms with Crippen molar-refractivity contribution in [3.05, 3.63) is 34.9 Å². The number of aryl methyl sites for hydroxylation is 2. The van der Waals surface area contributed by atoms with E-state index >= 15 is 0 Å². The molecule has 1 aromatic rings. The molecular weight excluding hydrogens is 190 g/mol. The molecule has 3 heteroatoms. The molecule has 1 rings (SSSR count). The Bertz CT molecular complexity index is 405. The minimum atomic E-state index is -0.790. The van der Waals surface area contributed by atoms with E-state index in [9.17, 15) is 4.79 Å². The van der Waals surface area contributed by atoms with Crippen LogP contribution in [0.15, 0.2) is 18.2 Å². The lowest BCUT2D eigenvalue weighted by Gasteiger charge is -2.06. The van der Waals surface area contributed by atoms with Gasteiger partial charge in [0.25, 0.3) is 0 Å². The highest BCUT2D eigenvalue weighted by atomic mass is 16.4. The first kappa shape index (κ1) is 11.3. The van der Waals surface area contributed by atoms with Crippen molar-refractivity contribution in [2.75, 3.05) is 0 Å². The number of nitriles is 1. The van der Waals surface area contributed by atoms with Crippen molar-refractivity contribution in [1.82, 2.24) is 0 Å². The monoisotopic (exact) mass is 203 g/mol. The van der Waals surface area contributed by atoms with Gasteiger partial charge in [0.05, 0.1) is 11.6 Å². The number of benzene rings is 1. The Kier molecular flexibility index (Phi) is 3.87. The van der Waals surface area contributed by atoms with Gasteiger partial charge < -0.3 is 5.11 Å². The van der Waals surface area contributed by atoms with Crippen LogP contribution >= 0.6 is 0 Å². The third kappa shape index (κ3) is 3.10. The number of carbonyl (C=O) groups is 1. The van der Waals surface area contributed by atoms with E-state index in [2.05, 4.69) is 6.07 Å². The topological polar surface area (TPSA) is 61.1 Å². The van der Waals surface area contributed by atoms with E-state index in [1.54, 1.807) is 6.07 Å². The van der Waals surface area contributed by atoms with Gasteiger partial charge in [-0.25, -0.2) is 0 Å². The second-order valence-corrected chi connectivity index (χ2v) is 3.34. The van der Waals surface area contributed by atoms with Crippen LogP contribution < -0.4 is 0 Å². The maximum absolute atomic E-state index is 10.4. The van der Waals surface area contributed by atoms with Gasteiger partial charge in [0, 0.05) is 6.42 Å². The van der Waals surface area contributed by atoms with Crippen LogP contribution in [-0.4, -0.2) is 11.1 Å². The highest BCUT2D eigenvalue weighted by molar-refractivity contribution is 5.67. The van der Waals surface area contributed by atoms with Crippen LogP contribution in [0.1, 0.15) is 30.0 Å². The van der Waals surface area contributed by atoms with Crippen LogP contribution in [0.2, 0.25) is 0 Å². The molecule has 78 valence electrons. The summed E-state index contributed by atoms with van der Waals surface area (Å²) in [6.07, 6.45) is 1.49. The number of hydrogen-bond acceptors (Lipinski definition) is 2. The third-order valence-corrected chi connectivity index (χ3v) is 2.32. The van der Waals surface area contributed by atoms with Gasteiger partial charge in [-0.05, 0) is 36.1 Å². The molecule has 0 aliphatic rings. The third-order valence-electron chi connectivity index (χ3n) is 2.32. The van der Waals surface area contributed by atoms with Crippen molar-refractivity contribution in [3.8, 4) is 6.07 Å². The highest BCUT2D eigenvalue weighted by Gasteiger charge is 2.04. The Labute approximate surface area is 89.0 Å². The summed E-state index contributed by atoms with van der Waals surface area (Å²) >= 11 is 0. The number of nitrogens with zero attached hydrogens (tertiary/aromatic N) is 1. The molecule has 0 saturated carbocycles. The smallest absolute Gasteiger partial charge is 0.303 e. The summed E-state index contributed by atoms with van der Waals surface area (Å²) in [5, 5.41) is 17.3.